The van der Waals surface area contributed by atoms with Crippen LogP contribution in [-0.4, -0.2) is 46.2 Å². The van der Waals surface area contributed by atoms with Crippen LogP contribution >= 0.6 is 0 Å². The Bertz CT molecular complexity index is 857. The average molecular weight is 403 g/mol. The Hall–Kier alpha value is -2.94. The summed E-state index contributed by atoms with van der Waals surface area (Å²) in [5, 5.41) is 9.35. The molecule has 2 amide bonds. The van der Waals surface area contributed by atoms with Gasteiger partial charge in [-0.15, -0.1) is 0 Å². The van der Waals surface area contributed by atoms with Crippen molar-refractivity contribution in [2.24, 2.45) is 0 Å². The molecule has 0 atom stereocenters. The largest absolute Gasteiger partial charge is 0.444 e. The van der Waals surface area contributed by atoms with E-state index in [0.29, 0.717) is 12.4 Å². The molecule has 0 saturated heterocycles. The van der Waals surface area contributed by atoms with E-state index in [-0.39, 0.29) is 24.9 Å². The van der Waals surface area contributed by atoms with Crippen molar-refractivity contribution in [1.82, 2.24) is 20.4 Å². The minimum atomic E-state index is -0.579. The molecule has 0 saturated carbocycles. The van der Waals surface area contributed by atoms with Crippen LogP contribution < -0.4 is 10.6 Å². The molecule has 29 heavy (non-hydrogen) atoms. The number of likely N-dealkylation sites (N-methyl/N-ethyl adjacent to an activating group) is 1. The predicted octanol–water partition coefficient (Wildman–Crippen LogP) is 2.78. The van der Waals surface area contributed by atoms with E-state index in [9.17, 15) is 9.59 Å². The van der Waals surface area contributed by atoms with Gasteiger partial charge < -0.3 is 19.9 Å². The minimum Gasteiger partial charge on any atom is -0.444 e. The molecule has 1 aromatic carbocycles. The highest BCUT2D eigenvalue weighted by Crippen LogP contribution is 2.17. The second kappa shape index (κ2) is 9.51. The van der Waals surface area contributed by atoms with Crippen LogP contribution in [0.3, 0.4) is 0 Å². The third kappa shape index (κ3) is 7.53. The molecule has 0 aliphatic heterocycles. The number of anilines is 1. The number of carbonyl (C=O) groups is 2. The van der Waals surface area contributed by atoms with Gasteiger partial charge in [-0.2, -0.15) is 4.98 Å². The van der Waals surface area contributed by atoms with Gasteiger partial charge in [0.25, 0.3) is 0 Å². The number of alkyl carbamates (subject to hydrolysis) is 1. The van der Waals surface area contributed by atoms with E-state index >= 15 is 0 Å². The van der Waals surface area contributed by atoms with E-state index < -0.39 is 11.7 Å². The summed E-state index contributed by atoms with van der Waals surface area (Å²) in [5.74, 6) is 0.559. The fourth-order valence-corrected chi connectivity index (χ4v) is 2.51. The second-order valence-electron chi connectivity index (χ2n) is 7.93. The monoisotopic (exact) mass is 403 g/mol. The van der Waals surface area contributed by atoms with Gasteiger partial charge in [0.2, 0.25) is 11.8 Å². The molecule has 9 heteroatoms. The number of amides is 2. The minimum absolute atomic E-state index is 0.0682. The van der Waals surface area contributed by atoms with Gasteiger partial charge in [0, 0.05) is 5.69 Å². The van der Waals surface area contributed by atoms with Gasteiger partial charge in [-0.25, -0.2) is 4.79 Å². The Kier molecular flexibility index (Phi) is 7.33. The number of ether oxygens (including phenoxy) is 1. The maximum absolute atomic E-state index is 12.3. The highest BCUT2D eigenvalue weighted by molar-refractivity contribution is 5.93. The smallest absolute Gasteiger partial charge is 0.408 e. The van der Waals surface area contributed by atoms with E-state index in [0.717, 1.165) is 16.8 Å². The van der Waals surface area contributed by atoms with E-state index in [1.54, 1.807) is 32.7 Å². The normalized spacial score (nSPS) is 11.4. The number of nitrogens with one attached hydrogen (secondary N) is 2. The van der Waals surface area contributed by atoms with Crippen LogP contribution in [0.25, 0.3) is 0 Å². The Morgan fingerprint density at radius 2 is 1.97 bits per heavy atom. The van der Waals surface area contributed by atoms with Crippen LogP contribution in [0.15, 0.2) is 22.7 Å². The molecular formula is C20H29N5O4. The maximum atomic E-state index is 12.3. The van der Waals surface area contributed by atoms with Crippen LogP contribution in [0, 0.1) is 13.8 Å². The van der Waals surface area contributed by atoms with Gasteiger partial charge in [0.1, 0.15) is 12.1 Å². The van der Waals surface area contributed by atoms with Crippen molar-refractivity contribution in [3.63, 3.8) is 0 Å². The fourth-order valence-electron chi connectivity index (χ4n) is 2.51. The molecule has 0 aliphatic carbocycles. The van der Waals surface area contributed by atoms with Crippen LogP contribution in [0.5, 0.6) is 0 Å². The number of hydrogen-bond acceptors (Lipinski definition) is 7. The van der Waals surface area contributed by atoms with Crippen molar-refractivity contribution >= 4 is 17.7 Å². The van der Waals surface area contributed by atoms with Gasteiger partial charge in [0.15, 0.2) is 5.82 Å². The van der Waals surface area contributed by atoms with Gasteiger partial charge in [0.05, 0.1) is 13.1 Å². The van der Waals surface area contributed by atoms with Crippen molar-refractivity contribution in [3.05, 3.63) is 41.0 Å². The van der Waals surface area contributed by atoms with E-state index in [1.807, 2.05) is 32.0 Å². The molecule has 0 radical (unpaired) electrons. The summed E-state index contributed by atoms with van der Waals surface area (Å²) in [6.07, 6.45) is -0.558. The number of hydrogen-bond donors (Lipinski definition) is 2. The molecular weight excluding hydrogens is 374 g/mol. The highest BCUT2D eigenvalue weighted by Gasteiger charge is 2.17. The zero-order chi connectivity index (χ0) is 21.6. The summed E-state index contributed by atoms with van der Waals surface area (Å²) >= 11 is 0. The van der Waals surface area contributed by atoms with Crippen molar-refractivity contribution in [1.29, 1.82) is 0 Å². The van der Waals surface area contributed by atoms with Crippen LogP contribution in [-0.2, 0) is 22.6 Å². The SMILES string of the molecule is Cc1cccc(NC(=O)CN(C)Cc2noc(CNC(=O)OC(C)(C)C)n2)c1C. The third-order valence-electron chi connectivity index (χ3n) is 4.00. The predicted molar refractivity (Wildman–Crippen MR) is 108 cm³/mol. The molecule has 1 heterocycles. The van der Waals surface area contributed by atoms with Crippen molar-refractivity contribution < 1.29 is 18.8 Å². The molecule has 2 rings (SSSR count). The Morgan fingerprint density at radius 3 is 2.66 bits per heavy atom. The summed E-state index contributed by atoms with van der Waals surface area (Å²) in [6, 6.07) is 5.79. The lowest BCUT2D eigenvalue weighted by Crippen LogP contribution is -2.32. The lowest BCUT2D eigenvalue weighted by Gasteiger charge is -2.19. The first kappa shape index (κ1) is 22.4. The molecule has 2 aromatic rings. The summed E-state index contributed by atoms with van der Waals surface area (Å²) in [5.41, 5.74) is 2.39. The lowest BCUT2D eigenvalue weighted by molar-refractivity contribution is -0.117. The molecule has 2 N–H and O–H groups in total. The number of benzene rings is 1. The molecule has 1 aromatic heterocycles. The van der Waals surface area contributed by atoms with Gasteiger partial charge in [-0.3, -0.25) is 9.69 Å². The Labute approximate surface area is 170 Å². The third-order valence-corrected chi connectivity index (χ3v) is 4.00. The molecule has 9 nitrogen and oxygen atoms in total. The summed E-state index contributed by atoms with van der Waals surface area (Å²) in [6.45, 7) is 9.89. The zero-order valence-electron chi connectivity index (χ0n) is 17.8. The second-order valence-corrected chi connectivity index (χ2v) is 7.93. The van der Waals surface area contributed by atoms with Crippen molar-refractivity contribution in [2.45, 2.75) is 53.3 Å². The molecule has 0 bridgehead atoms. The Balaban J connectivity index is 1.80. The summed E-state index contributed by atoms with van der Waals surface area (Å²) in [4.78, 5) is 29.9. The molecule has 0 unspecified atom stereocenters. The number of carbonyl (C=O) groups excluding carboxylic acids is 2. The van der Waals surface area contributed by atoms with Gasteiger partial charge in [-0.1, -0.05) is 17.3 Å². The Morgan fingerprint density at radius 1 is 1.24 bits per heavy atom. The average Bonchev–Trinajstić information content (AvgIpc) is 3.03. The van der Waals surface area contributed by atoms with Gasteiger partial charge in [-0.05, 0) is 58.9 Å². The number of aryl methyl sites for hydroxylation is 1. The number of rotatable bonds is 7. The topological polar surface area (TPSA) is 110 Å². The molecule has 158 valence electrons. The fraction of sp³-hybridized carbons (Fsp3) is 0.500. The quantitative estimate of drug-likeness (QED) is 0.731. The van der Waals surface area contributed by atoms with Crippen molar-refractivity contribution in [2.75, 3.05) is 18.9 Å². The number of nitrogens with zero attached hydrogens (tertiary/aromatic N) is 3. The molecule has 0 fully saturated rings. The lowest BCUT2D eigenvalue weighted by atomic mass is 10.1. The van der Waals surface area contributed by atoms with Crippen molar-refractivity contribution in [3.8, 4) is 0 Å². The molecule has 0 spiro atoms. The van der Waals surface area contributed by atoms with E-state index in [1.165, 1.54) is 0 Å². The number of aromatic nitrogens is 2. The maximum Gasteiger partial charge on any atom is 0.408 e. The molecule has 0 aliphatic rings. The first-order chi connectivity index (χ1) is 13.5. The zero-order valence-corrected chi connectivity index (χ0v) is 17.8. The first-order valence-corrected chi connectivity index (χ1v) is 9.36. The van der Waals surface area contributed by atoms with Gasteiger partial charge >= 0.3 is 6.09 Å². The van der Waals surface area contributed by atoms with Crippen LogP contribution in [0.1, 0.15) is 43.6 Å². The van der Waals surface area contributed by atoms with Crippen LogP contribution in [0.4, 0.5) is 10.5 Å². The van der Waals surface area contributed by atoms with E-state index in [2.05, 4.69) is 20.8 Å². The van der Waals surface area contributed by atoms with Crippen LogP contribution in [0.2, 0.25) is 0 Å². The highest BCUT2D eigenvalue weighted by atomic mass is 16.6. The standard InChI is InChI=1S/C20H29N5O4/c1-13-8-7-9-15(14(13)2)22-17(26)12-25(6)11-16-23-18(29-24-16)10-21-19(27)28-20(3,4)5/h7-9H,10-12H2,1-6H3,(H,21,27)(H,22,26). The first-order valence-electron chi connectivity index (χ1n) is 9.36. The summed E-state index contributed by atoms with van der Waals surface area (Å²) < 4.78 is 10.3. The summed E-state index contributed by atoms with van der Waals surface area (Å²) in [7, 11) is 1.79. The van der Waals surface area contributed by atoms with E-state index in [4.69, 9.17) is 9.26 Å².